The number of esters is 4. The Bertz CT molecular complexity index is 1250. The normalized spacial score (nSPS) is 28.0. The van der Waals surface area contributed by atoms with Gasteiger partial charge in [-0.3, -0.25) is 29.7 Å². The number of amides is 1. The summed E-state index contributed by atoms with van der Waals surface area (Å²) < 4.78 is 25.0. The van der Waals surface area contributed by atoms with Crippen LogP contribution in [-0.4, -0.2) is 115 Å². The third-order valence-corrected chi connectivity index (χ3v) is 7.16. The van der Waals surface area contributed by atoms with E-state index < -0.39 is 82.7 Å². The molecule has 1 aromatic rings. The fourth-order valence-corrected chi connectivity index (χ4v) is 5.42. The van der Waals surface area contributed by atoms with E-state index in [4.69, 9.17) is 24.7 Å². The molecule has 18 heteroatoms. The van der Waals surface area contributed by atoms with E-state index >= 15 is 0 Å². The lowest BCUT2D eigenvalue weighted by atomic mass is 9.88. The van der Waals surface area contributed by atoms with Gasteiger partial charge in [-0.1, -0.05) is 18.2 Å². The SMILES string of the molecule is CC(=O)OC(O)[C@H]1O[C@](N)(SC[C@@H](C(=O)O)N(C)C(=O)c2ccccc2)[C@H](OC(C)=O)[C@](O)(OC(C)=O)[C@@]1(O)OC(C)=O. The van der Waals surface area contributed by atoms with Crippen LogP contribution >= 0.6 is 11.8 Å². The number of benzene rings is 1. The van der Waals surface area contributed by atoms with Crippen LogP contribution in [0, 0.1) is 0 Å². The van der Waals surface area contributed by atoms with E-state index in [0.29, 0.717) is 0 Å². The molecular formula is C25H32N2O15S. The lowest BCUT2D eigenvalue weighted by Crippen LogP contribution is -2.83. The number of hydrogen-bond acceptors (Lipinski definition) is 16. The summed E-state index contributed by atoms with van der Waals surface area (Å²) in [5, 5.41) is 40.9. The summed E-state index contributed by atoms with van der Waals surface area (Å²) in [4.78, 5) is 73.8. The highest BCUT2D eigenvalue weighted by Gasteiger charge is 2.78. The molecule has 0 saturated carbocycles. The topological polar surface area (TPSA) is 259 Å². The maximum atomic E-state index is 12.9. The molecule has 1 amide bonds. The van der Waals surface area contributed by atoms with Gasteiger partial charge < -0.3 is 49.0 Å². The monoisotopic (exact) mass is 632 g/mol. The standard InChI is InChI=1S/C25H32N2O15S/c1-12(28)38-21(35)18-23(36,40-14(3)30)24(37,41-15(4)31)22(39-13(2)29)25(26,42-18)43-11-17(20(33)34)27(5)19(32)16-9-7-6-8-10-16/h6-10,17-18,21-22,35-37H,11,26H2,1-5H3,(H,33,34)/t17-,18+,21?,22+,23-,24-,25-/m0/s1. The first-order valence-electron chi connectivity index (χ1n) is 12.3. The number of aliphatic hydroxyl groups excluding tert-OH is 1. The van der Waals surface area contributed by atoms with Crippen LogP contribution in [-0.2, 0) is 47.7 Å². The van der Waals surface area contributed by atoms with E-state index in [2.05, 4.69) is 4.74 Å². The summed E-state index contributed by atoms with van der Waals surface area (Å²) in [6.45, 7) is 3.12. The first-order valence-corrected chi connectivity index (χ1v) is 13.3. The highest BCUT2D eigenvalue weighted by atomic mass is 32.2. The fourth-order valence-electron chi connectivity index (χ4n) is 4.11. The van der Waals surface area contributed by atoms with Crippen molar-refractivity contribution in [2.45, 2.75) is 68.9 Å². The van der Waals surface area contributed by atoms with E-state index in [0.717, 1.165) is 32.6 Å². The third kappa shape index (κ3) is 7.78. The molecule has 238 valence electrons. The minimum absolute atomic E-state index is 0.135. The van der Waals surface area contributed by atoms with Crippen LogP contribution in [0.5, 0.6) is 0 Å². The van der Waals surface area contributed by atoms with Crippen molar-refractivity contribution in [2.24, 2.45) is 5.73 Å². The van der Waals surface area contributed by atoms with Crippen molar-refractivity contribution in [1.82, 2.24) is 4.90 Å². The lowest BCUT2D eigenvalue weighted by molar-refractivity contribution is -0.465. The summed E-state index contributed by atoms with van der Waals surface area (Å²) in [6, 6.07) is 5.94. The molecule has 0 bridgehead atoms. The van der Waals surface area contributed by atoms with Crippen LogP contribution in [0.2, 0.25) is 0 Å². The Morgan fingerprint density at radius 1 is 0.953 bits per heavy atom. The Hall–Kier alpha value is -3.81. The average Bonchev–Trinajstić information content (AvgIpc) is 2.88. The van der Waals surface area contributed by atoms with Crippen molar-refractivity contribution in [3.05, 3.63) is 35.9 Å². The number of carbonyl (C=O) groups is 6. The predicted molar refractivity (Wildman–Crippen MR) is 141 cm³/mol. The molecule has 1 fully saturated rings. The molecule has 2 rings (SSSR count). The number of thioether (sulfide) groups is 1. The number of ether oxygens (including phenoxy) is 5. The van der Waals surface area contributed by atoms with Gasteiger partial charge in [0.15, 0.2) is 6.10 Å². The third-order valence-electron chi connectivity index (χ3n) is 5.92. The van der Waals surface area contributed by atoms with Gasteiger partial charge in [-0.25, -0.2) is 4.79 Å². The van der Waals surface area contributed by atoms with E-state index in [9.17, 15) is 49.2 Å². The van der Waals surface area contributed by atoms with Crippen LogP contribution < -0.4 is 5.73 Å². The van der Waals surface area contributed by atoms with Gasteiger partial charge in [0.2, 0.25) is 17.5 Å². The molecule has 1 aliphatic heterocycles. The van der Waals surface area contributed by atoms with Gasteiger partial charge in [0.1, 0.15) is 6.04 Å². The molecule has 6 N–H and O–H groups in total. The van der Waals surface area contributed by atoms with E-state index in [1.165, 1.54) is 19.2 Å². The molecule has 0 radical (unpaired) electrons. The largest absolute Gasteiger partial charge is 0.480 e. The van der Waals surface area contributed by atoms with Gasteiger partial charge in [-0.05, 0) is 12.1 Å². The summed E-state index contributed by atoms with van der Waals surface area (Å²) in [6.07, 6.45) is -7.70. The second kappa shape index (κ2) is 13.7. The Morgan fingerprint density at radius 2 is 1.49 bits per heavy atom. The number of nitrogens with two attached hydrogens (primary N) is 1. The van der Waals surface area contributed by atoms with Gasteiger partial charge >= 0.3 is 41.4 Å². The number of rotatable bonds is 11. The van der Waals surface area contributed by atoms with E-state index in [-0.39, 0.29) is 17.3 Å². The van der Waals surface area contributed by atoms with Crippen LogP contribution in [0.15, 0.2) is 30.3 Å². The average molecular weight is 633 g/mol. The number of aliphatic carboxylic acids is 1. The molecule has 0 aromatic heterocycles. The van der Waals surface area contributed by atoms with Gasteiger partial charge in [-0.15, -0.1) is 11.8 Å². The molecule has 1 aliphatic rings. The predicted octanol–water partition coefficient (Wildman–Crippen LogP) is -1.73. The van der Waals surface area contributed by atoms with Crippen molar-refractivity contribution < 1.29 is 72.9 Å². The van der Waals surface area contributed by atoms with Crippen molar-refractivity contribution >= 4 is 47.5 Å². The molecule has 0 aliphatic carbocycles. The number of carboxylic acid groups (broad SMARTS) is 1. The first-order chi connectivity index (χ1) is 19.8. The highest BCUT2D eigenvalue weighted by molar-refractivity contribution is 8.00. The summed E-state index contributed by atoms with van der Waals surface area (Å²) in [7, 11) is 1.17. The molecule has 0 spiro atoms. The van der Waals surface area contributed by atoms with Gasteiger partial charge in [0.25, 0.3) is 5.91 Å². The van der Waals surface area contributed by atoms with Crippen molar-refractivity contribution in [3.8, 4) is 0 Å². The number of carbonyl (C=O) groups excluding carboxylic acids is 5. The Balaban J connectivity index is 2.67. The minimum Gasteiger partial charge on any atom is -0.480 e. The van der Waals surface area contributed by atoms with Gasteiger partial charge in [0, 0.05) is 46.1 Å². The highest BCUT2D eigenvalue weighted by Crippen LogP contribution is 2.49. The Kier molecular flexibility index (Phi) is 11.2. The Labute approximate surface area is 248 Å². The van der Waals surface area contributed by atoms with E-state index in [1.54, 1.807) is 18.2 Å². The summed E-state index contributed by atoms with van der Waals surface area (Å²) in [5.74, 6) is -15.4. The van der Waals surface area contributed by atoms with E-state index in [1.807, 2.05) is 0 Å². The second-order valence-corrected chi connectivity index (χ2v) is 10.5. The van der Waals surface area contributed by atoms with Crippen LogP contribution in [0.1, 0.15) is 38.1 Å². The molecule has 1 unspecified atom stereocenters. The Morgan fingerprint density at radius 3 is 1.95 bits per heavy atom. The molecule has 1 saturated heterocycles. The molecule has 7 atom stereocenters. The first kappa shape index (κ1) is 35.4. The molecule has 1 heterocycles. The van der Waals surface area contributed by atoms with Crippen LogP contribution in [0.3, 0.4) is 0 Å². The maximum absolute atomic E-state index is 12.9. The summed E-state index contributed by atoms with van der Waals surface area (Å²) in [5.41, 5.74) is 6.50. The maximum Gasteiger partial charge on any atom is 0.327 e. The van der Waals surface area contributed by atoms with Crippen molar-refractivity contribution in [3.63, 3.8) is 0 Å². The number of hydrogen-bond donors (Lipinski definition) is 5. The van der Waals surface area contributed by atoms with Crippen LogP contribution in [0.4, 0.5) is 0 Å². The molecule has 1 aromatic carbocycles. The van der Waals surface area contributed by atoms with Gasteiger partial charge in [0.05, 0.1) is 0 Å². The fraction of sp³-hybridized carbons (Fsp3) is 0.520. The zero-order valence-electron chi connectivity index (χ0n) is 23.6. The number of likely N-dealkylation sites (N-methyl/N-ethyl adjacent to an activating group) is 1. The molecule has 17 nitrogen and oxygen atoms in total. The van der Waals surface area contributed by atoms with Crippen LogP contribution in [0.25, 0.3) is 0 Å². The zero-order chi connectivity index (χ0) is 32.9. The van der Waals surface area contributed by atoms with Crippen molar-refractivity contribution in [2.75, 3.05) is 12.8 Å². The van der Waals surface area contributed by atoms with Crippen molar-refractivity contribution in [1.29, 1.82) is 0 Å². The quantitative estimate of drug-likeness (QED) is 0.103. The molecular weight excluding hydrogens is 600 g/mol. The lowest BCUT2D eigenvalue weighted by Gasteiger charge is -2.56. The second-order valence-electron chi connectivity index (χ2n) is 9.28. The number of carboxylic acids is 1. The number of nitrogens with zero attached hydrogens (tertiary/aromatic N) is 1. The zero-order valence-corrected chi connectivity index (χ0v) is 24.4. The smallest absolute Gasteiger partial charge is 0.327 e. The van der Waals surface area contributed by atoms with Gasteiger partial charge in [-0.2, -0.15) is 0 Å². The number of aliphatic hydroxyl groups is 3. The summed E-state index contributed by atoms with van der Waals surface area (Å²) >= 11 is 0.265. The minimum atomic E-state index is -3.69. The molecule has 43 heavy (non-hydrogen) atoms.